The van der Waals surface area contributed by atoms with Gasteiger partial charge in [-0.25, -0.2) is 23.4 Å². The average Bonchev–Trinajstić information content (AvgIpc) is 3.12. The third kappa shape index (κ3) is 4.12. The lowest BCUT2D eigenvalue weighted by Crippen LogP contribution is -2.04. The van der Waals surface area contributed by atoms with Gasteiger partial charge >= 0.3 is 0 Å². The SMILES string of the molecule is COc1ncc(NCc2cccs2)nc1-c1ccc(S(C)(=O)=O)nc1. The second kappa shape index (κ2) is 7.16. The number of nitrogens with zero attached hydrogens (tertiary/aromatic N) is 3. The Morgan fingerprint density at radius 1 is 1.20 bits per heavy atom. The molecule has 0 radical (unpaired) electrons. The first-order chi connectivity index (χ1) is 12.0. The van der Waals surface area contributed by atoms with Gasteiger partial charge < -0.3 is 10.1 Å². The van der Waals surface area contributed by atoms with Crippen molar-refractivity contribution >= 4 is 27.0 Å². The van der Waals surface area contributed by atoms with E-state index in [9.17, 15) is 8.42 Å². The van der Waals surface area contributed by atoms with E-state index in [2.05, 4.69) is 20.3 Å². The Morgan fingerprint density at radius 2 is 2.04 bits per heavy atom. The molecule has 0 aliphatic rings. The molecule has 3 rings (SSSR count). The summed E-state index contributed by atoms with van der Waals surface area (Å²) in [7, 11) is -1.84. The van der Waals surface area contributed by atoms with Crippen LogP contribution in [0, 0.1) is 0 Å². The molecule has 1 N–H and O–H groups in total. The lowest BCUT2D eigenvalue weighted by atomic mass is 10.2. The molecule has 3 aromatic rings. The molecule has 9 heteroatoms. The van der Waals surface area contributed by atoms with Crippen LogP contribution in [0.4, 0.5) is 5.82 Å². The van der Waals surface area contributed by atoms with E-state index in [4.69, 9.17) is 4.74 Å². The topological polar surface area (TPSA) is 94.1 Å². The van der Waals surface area contributed by atoms with E-state index in [1.807, 2.05) is 17.5 Å². The monoisotopic (exact) mass is 376 g/mol. The summed E-state index contributed by atoms with van der Waals surface area (Å²) in [5.41, 5.74) is 1.11. The average molecular weight is 376 g/mol. The number of hydrogen-bond donors (Lipinski definition) is 1. The maximum atomic E-state index is 11.5. The van der Waals surface area contributed by atoms with Crippen molar-refractivity contribution < 1.29 is 13.2 Å². The highest BCUT2D eigenvalue weighted by Gasteiger charge is 2.14. The first kappa shape index (κ1) is 17.3. The predicted molar refractivity (Wildman–Crippen MR) is 96.6 cm³/mol. The van der Waals surface area contributed by atoms with E-state index < -0.39 is 9.84 Å². The van der Waals surface area contributed by atoms with Crippen molar-refractivity contribution in [2.75, 3.05) is 18.7 Å². The highest BCUT2D eigenvalue weighted by molar-refractivity contribution is 7.90. The highest BCUT2D eigenvalue weighted by atomic mass is 32.2. The van der Waals surface area contributed by atoms with E-state index in [1.54, 1.807) is 23.6 Å². The molecule has 3 heterocycles. The van der Waals surface area contributed by atoms with Crippen LogP contribution < -0.4 is 10.1 Å². The summed E-state index contributed by atoms with van der Waals surface area (Å²) in [4.78, 5) is 13.9. The first-order valence-corrected chi connectivity index (χ1v) is 10.1. The smallest absolute Gasteiger partial charge is 0.240 e. The molecule has 0 aliphatic heterocycles. The van der Waals surface area contributed by atoms with E-state index in [0.29, 0.717) is 29.5 Å². The number of sulfone groups is 1. The fourth-order valence-electron chi connectivity index (χ4n) is 2.13. The van der Waals surface area contributed by atoms with E-state index in [1.165, 1.54) is 24.3 Å². The fourth-order valence-corrected chi connectivity index (χ4v) is 3.34. The Bertz CT molecular complexity index is 956. The second-order valence-corrected chi connectivity index (χ2v) is 8.20. The summed E-state index contributed by atoms with van der Waals surface area (Å²) in [6.45, 7) is 0.642. The van der Waals surface area contributed by atoms with Crippen LogP contribution in [0.5, 0.6) is 5.88 Å². The lowest BCUT2D eigenvalue weighted by molar-refractivity contribution is 0.398. The Morgan fingerprint density at radius 3 is 2.64 bits per heavy atom. The number of hydrogen-bond acceptors (Lipinski definition) is 8. The van der Waals surface area contributed by atoms with Crippen molar-refractivity contribution in [1.29, 1.82) is 0 Å². The van der Waals surface area contributed by atoms with Gasteiger partial charge in [0.2, 0.25) is 5.88 Å². The highest BCUT2D eigenvalue weighted by Crippen LogP contribution is 2.27. The summed E-state index contributed by atoms with van der Waals surface area (Å²) in [6, 6.07) is 7.10. The van der Waals surface area contributed by atoms with Crippen molar-refractivity contribution in [3.05, 3.63) is 46.9 Å². The van der Waals surface area contributed by atoms with Crippen molar-refractivity contribution in [3.8, 4) is 17.1 Å². The predicted octanol–water partition coefficient (Wildman–Crippen LogP) is 2.62. The number of nitrogens with one attached hydrogen (secondary N) is 1. The van der Waals surface area contributed by atoms with E-state index in [-0.39, 0.29) is 5.03 Å². The standard InChI is InChI=1S/C16H16N4O3S2/c1-23-16-15(11-5-6-14(18-8-11)25(2,21)22)20-13(10-19-16)17-9-12-4-3-7-24-12/h3-8,10H,9H2,1-2H3,(H,17,20). The third-order valence-electron chi connectivity index (χ3n) is 3.35. The van der Waals surface area contributed by atoms with Crippen molar-refractivity contribution in [2.24, 2.45) is 0 Å². The number of aromatic nitrogens is 3. The number of ether oxygens (including phenoxy) is 1. The molecule has 0 amide bonds. The van der Waals surface area contributed by atoms with Gasteiger partial charge in [0.15, 0.2) is 14.9 Å². The van der Waals surface area contributed by atoms with Gasteiger partial charge in [0.1, 0.15) is 11.5 Å². The molecule has 0 unspecified atom stereocenters. The molecule has 3 aromatic heterocycles. The molecule has 0 aliphatic carbocycles. The Balaban J connectivity index is 1.89. The molecule has 25 heavy (non-hydrogen) atoms. The normalized spacial score (nSPS) is 11.3. The molecular formula is C16H16N4O3S2. The van der Waals surface area contributed by atoms with Crippen molar-refractivity contribution in [3.63, 3.8) is 0 Å². The van der Waals surface area contributed by atoms with Gasteiger partial charge in [-0.15, -0.1) is 11.3 Å². The van der Waals surface area contributed by atoms with Gasteiger partial charge in [-0.2, -0.15) is 0 Å². The summed E-state index contributed by atoms with van der Waals surface area (Å²) in [6.07, 6.45) is 4.16. The van der Waals surface area contributed by atoms with Gasteiger partial charge in [-0.3, -0.25) is 0 Å². The minimum atomic E-state index is -3.35. The van der Waals surface area contributed by atoms with Crippen LogP contribution >= 0.6 is 11.3 Å². The van der Waals surface area contributed by atoms with Gasteiger partial charge in [0.25, 0.3) is 0 Å². The number of thiophene rings is 1. The molecule has 7 nitrogen and oxygen atoms in total. The molecular weight excluding hydrogens is 360 g/mol. The molecule has 0 fully saturated rings. The first-order valence-electron chi connectivity index (χ1n) is 7.31. The molecule has 0 aromatic carbocycles. The maximum Gasteiger partial charge on any atom is 0.240 e. The van der Waals surface area contributed by atoms with Crippen LogP contribution in [-0.2, 0) is 16.4 Å². The van der Waals surface area contributed by atoms with Crippen LogP contribution in [0.15, 0.2) is 47.1 Å². The van der Waals surface area contributed by atoms with E-state index in [0.717, 1.165) is 6.26 Å². The fraction of sp³-hybridized carbons (Fsp3) is 0.188. The lowest BCUT2D eigenvalue weighted by Gasteiger charge is -2.10. The minimum Gasteiger partial charge on any atom is -0.479 e. The zero-order valence-electron chi connectivity index (χ0n) is 13.6. The van der Waals surface area contributed by atoms with Gasteiger partial charge in [-0.05, 0) is 23.6 Å². The molecule has 0 bridgehead atoms. The molecule has 0 atom stereocenters. The summed E-state index contributed by atoms with van der Waals surface area (Å²) in [5.74, 6) is 0.937. The van der Waals surface area contributed by atoms with Crippen molar-refractivity contribution in [2.45, 2.75) is 11.6 Å². The zero-order valence-corrected chi connectivity index (χ0v) is 15.3. The number of anilines is 1. The van der Waals surface area contributed by atoms with Crippen LogP contribution in [-0.4, -0.2) is 36.7 Å². The maximum absolute atomic E-state index is 11.5. The molecule has 130 valence electrons. The zero-order chi connectivity index (χ0) is 17.9. The van der Waals surface area contributed by atoms with Crippen LogP contribution in [0.1, 0.15) is 4.88 Å². The summed E-state index contributed by atoms with van der Waals surface area (Å²) >= 11 is 1.65. The molecule has 0 saturated carbocycles. The molecule has 0 saturated heterocycles. The number of pyridine rings is 1. The third-order valence-corrected chi connectivity index (χ3v) is 5.22. The van der Waals surface area contributed by atoms with E-state index >= 15 is 0 Å². The largest absolute Gasteiger partial charge is 0.479 e. The Labute approximate surface area is 149 Å². The second-order valence-electron chi connectivity index (χ2n) is 5.20. The summed E-state index contributed by atoms with van der Waals surface area (Å²) in [5, 5.41) is 5.23. The van der Waals surface area contributed by atoms with Crippen LogP contribution in [0.3, 0.4) is 0 Å². The minimum absolute atomic E-state index is 0.00940. The van der Waals surface area contributed by atoms with Crippen LogP contribution in [0.2, 0.25) is 0 Å². The van der Waals surface area contributed by atoms with Gasteiger partial charge in [0, 0.05) is 22.9 Å². The Hall–Kier alpha value is -2.52. The molecule has 0 spiro atoms. The quantitative estimate of drug-likeness (QED) is 0.707. The van der Waals surface area contributed by atoms with Crippen molar-refractivity contribution in [1.82, 2.24) is 15.0 Å². The van der Waals surface area contributed by atoms with Gasteiger partial charge in [-0.1, -0.05) is 6.07 Å². The Kier molecular flexibility index (Phi) is 4.95. The van der Waals surface area contributed by atoms with Gasteiger partial charge in [0.05, 0.1) is 19.9 Å². The number of rotatable bonds is 6. The summed E-state index contributed by atoms with van der Waals surface area (Å²) < 4.78 is 28.3. The van der Waals surface area contributed by atoms with Crippen LogP contribution in [0.25, 0.3) is 11.3 Å². The number of methoxy groups -OCH3 is 1.